The standard InChI is InChI=1S/C16H20N2O2S2/c1-11-13(12(2)20-17-11)10-16(19)18-6-5-15(22-9-7-18)14-4-3-8-21-14/h3-4,8,15H,5-7,9-10H2,1-2H3. The molecule has 1 aliphatic rings. The molecule has 6 heteroatoms. The van der Waals surface area contributed by atoms with Crippen molar-refractivity contribution in [2.75, 3.05) is 18.8 Å². The van der Waals surface area contributed by atoms with Crippen LogP contribution in [0.2, 0.25) is 0 Å². The van der Waals surface area contributed by atoms with Gasteiger partial charge in [-0.15, -0.1) is 11.3 Å². The lowest BCUT2D eigenvalue weighted by molar-refractivity contribution is -0.130. The Morgan fingerprint density at radius 1 is 1.45 bits per heavy atom. The predicted octanol–water partition coefficient (Wildman–Crippen LogP) is 3.60. The van der Waals surface area contributed by atoms with Crippen molar-refractivity contribution in [1.82, 2.24) is 10.1 Å². The molecule has 2 aromatic heterocycles. The maximum atomic E-state index is 12.6. The topological polar surface area (TPSA) is 46.3 Å². The molecule has 0 aliphatic carbocycles. The zero-order valence-corrected chi connectivity index (χ0v) is 14.5. The van der Waals surface area contributed by atoms with E-state index in [9.17, 15) is 4.79 Å². The Balaban J connectivity index is 1.62. The highest BCUT2D eigenvalue weighted by Crippen LogP contribution is 2.36. The second-order valence-electron chi connectivity index (χ2n) is 5.52. The molecule has 118 valence electrons. The van der Waals surface area contributed by atoms with Gasteiger partial charge in [0, 0.05) is 34.5 Å². The molecule has 3 heterocycles. The molecule has 4 nitrogen and oxygen atoms in total. The van der Waals surface area contributed by atoms with Crippen LogP contribution in [0.15, 0.2) is 22.0 Å². The number of amides is 1. The van der Waals surface area contributed by atoms with Crippen LogP contribution in [0.25, 0.3) is 0 Å². The van der Waals surface area contributed by atoms with Gasteiger partial charge >= 0.3 is 0 Å². The summed E-state index contributed by atoms with van der Waals surface area (Å²) in [5.41, 5.74) is 1.77. The van der Waals surface area contributed by atoms with Crippen molar-refractivity contribution >= 4 is 29.0 Å². The molecular weight excluding hydrogens is 316 g/mol. The minimum Gasteiger partial charge on any atom is -0.361 e. The van der Waals surface area contributed by atoms with Crippen molar-refractivity contribution < 1.29 is 9.32 Å². The van der Waals surface area contributed by atoms with Crippen LogP contribution in [0, 0.1) is 13.8 Å². The zero-order valence-electron chi connectivity index (χ0n) is 12.9. The summed E-state index contributed by atoms with van der Waals surface area (Å²) in [6.45, 7) is 5.42. The van der Waals surface area contributed by atoms with E-state index in [2.05, 4.69) is 22.7 Å². The van der Waals surface area contributed by atoms with Gasteiger partial charge in [-0.1, -0.05) is 11.2 Å². The molecule has 0 bridgehead atoms. The Labute approximate surface area is 138 Å². The number of carbonyl (C=O) groups is 1. The molecule has 2 aromatic rings. The summed E-state index contributed by atoms with van der Waals surface area (Å²) in [6, 6.07) is 4.30. The van der Waals surface area contributed by atoms with Crippen molar-refractivity contribution in [3.8, 4) is 0 Å². The highest BCUT2D eigenvalue weighted by molar-refractivity contribution is 7.99. The SMILES string of the molecule is Cc1noc(C)c1CC(=O)N1CCSC(c2cccs2)CC1. The monoisotopic (exact) mass is 336 g/mol. The van der Waals surface area contributed by atoms with Crippen LogP contribution in [-0.4, -0.2) is 34.8 Å². The average Bonchev–Trinajstić information content (AvgIpc) is 3.06. The minimum atomic E-state index is 0.182. The molecule has 0 N–H and O–H groups in total. The molecule has 22 heavy (non-hydrogen) atoms. The number of thiophene rings is 1. The first-order chi connectivity index (χ1) is 10.6. The second-order valence-corrected chi connectivity index (χ2v) is 7.81. The first-order valence-corrected chi connectivity index (χ1v) is 9.42. The lowest BCUT2D eigenvalue weighted by Crippen LogP contribution is -2.34. The van der Waals surface area contributed by atoms with Crippen LogP contribution in [-0.2, 0) is 11.2 Å². The fourth-order valence-electron chi connectivity index (χ4n) is 2.74. The molecule has 1 aliphatic heterocycles. The van der Waals surface area contributed by atoms with Crippen LogP contribution in [0.4, 0.5) is 0 Å². The van der Waals surface area contributed by atoms with Crippen molar-refractivity contribution in [1.29, 1.82) is 0 Å². The average molecular weight is 336 g/mol. The molecule has 0 spiro atoms. The van der Waals surface area contributed by atoms with Crippen LogP contribution < -0.4 is 0 Å². The zero-order chi connectivity index (χ0) is 15.5. The van der Waals surface area contributed by atoms with E-state index in [0.29, 0.717) is 11.7 Å². The van der Waals surface area contributed by atoms with E-state index in [-0.39, 0.29) is 5.91 Å². The molecule has 0 radical (unpaired) electrons. The number of thioether (sulfide) groups is 1. The maximum absolute atomic E-state index is 12.6. The van der Waals surface area contributed by atoms with Crippen LogP contribution in [0.3, 0.4) is 0 Å². The fraction of sp³-hybridized carbons (Fsp3) is 0.500. The number of carbonyl (C=O) groups excluding carboxylic acids is 1. The molecule has 0 aromatic carbocycles. The number of rotatable bonds is 3. The molecule has 1 amide bonds. The van der Waals surface area contributed by atoms with E-state index in [0.717, 1.165) is 42.3 Å². The third-order valence-electron chi connectivity index (χ3n) is 4.06. The molecule has 3 rings (SSSR count). The van der Waals surface area contributed by atoms with Gasteiger partial charge in [0.1, 0.15) is 5.76 Å². The van der Waals surface area contributed by atoms with Gasteiger partial charge in [-0.25, -0.2) is 0 Å². The summed E-state index contributed by atoms with van der Waals surface area (Å²) in [4.78, 5) is 16.0. The third-order valence-corrected chi connectivity index (χ3v) is 6.51. The van der Waals surface area contributed by atoms with Gasteiger partial charge in [-0.05, 0) is 31.7 Å². The van der Waals surface area contributed by atoms with Crippen LogP contribution >= 0.6 is 23.1 Å². The minimum absolute atomic E-state index is 0.182. The lowest BCUT2D eigenvalue weighted by atomic mass is 10.1. The van der Waals surface area contributed by atoms with E-state index in [1.807, 2.05) is 41.8 Å². The molecule has 1 atom stereocenters. The Bertz CT molecular complexity index is 617. The Morgan fingerprint density at radius 2 is 2.32 bits per heavy atom. The summed E-state index contributed by atoms with van der Waals surface area (Å²) >= 11 is 3.77. The molecule has 1 unspecified atom stereocenters. The number of nitrogens with zero attached hydrogens (tertiary/aromatic N) is 2. The molecular formula is C16H20N2O2S2. The van der Waals surface area contributed by atoms with Gasteiger partial charge in [-0.3, -0.25) is 4.79 Å². The smallest absolute Gasteiger partial charge is 0.227 e. The van der Waals surface area contributed by atoms with E-state index in [4.69, 9.17) is 4.52 Å². The van der Waals surface area contributed by atoms with Crippen LogP contribution in [0.5, 0.6) is 0 Å². The van der Waals surface area contributed by atoms with E-state index in [1.165, 1.54) is 4.88 Å². The normalized spacial score (nSPS) is 19.2. The Morgan fingerprint density at radius 3 is 3.00 bits per heavy atom. The second kappa shape index (κ2) is 6.87. The lowest BCUT2D eigenvalue weighted by Gasteiger charge is -2.20. The molecule has 1 saturated heterocycles. The van der Waals surface area contributed by atoms with Crippen molar-refractivity contribution in [3.63, 3.8) is 0 Å². The maximum Gasteiger partial charge on any atom is 0.227 e. The first-order valence-electron chi connectivity index (χ1n) is 7.49. The Hall–Kier alpha value is -1.27. The Kier molecular flexibility index (Phi) is 4.88. The molecule has 0 saturated carbocycles. The number of aryl methyl sites for hydroxylation is 2. The van der Waals surface area contributed by atoms with Gasteiger partial charge in [0.15, 0.2) is 0 Å². The largest absolute Gasteiger partial charge is 0.361 e. The van der Waals surface area contributed by atoms with E-state index in [1.54, 1.807) is 0 Å². The highest BCUT2D eigenvalue weighted by atomic mass is 32.2. The summed E-state index contributed by atoms with van der Waals surface area (Å²) in [5.74, 6) is 1.93. The predicted molar refractivity (Wildman–Crippen MR) is 90.4 cm³/mol. The highest BCUT2D eigenvalue weighted by Gasteiger charge is 2.24. The van der Waals surface area contributed by atoms with Gasteiger partial charge in [0.25, 0.3) is 0 Å². The van der Waals surface area contributed by atoms with Crippen molar-refractivity contribution in [3.05, 3.63) is 39.4 Å². The van der Waals surface area contributed by atoms with Gasteiger partial charge in [0.05, 0.1) is 12.1 Å². The van der Waals surface area contributed by atoms with E-state index >= 15 is 0 Å². The van der Waals surface area contributed by atoms with E-state index < -0.39 is 0 Å². The quantitative estimate of drug-likeness (QED) is 0.859. The number of hydrogen-bond acceptors (Lipinski definition) is 5. The summed E-state index contributed by atoms with van der Waals surface area (Å²) in [6.07, 6.45) is 1.42. The summed E-state index contributed by atoms with van der Waals surface area (Å²) in [7, 11) is 0. The van der Waals surface area contributed by atoms with Gasteiger partial charge < -0.3 is 9.42 Å². The first kappa shape index (κ1) is 15.6. The van der Waals surface area contributed by atoms with Gasteiger partial charge in [-0.2, -0.15) is 11.8 Å². The molecule has 1 fully saturated rings. The third kappa shape index (κ3) is 3.38. The van der Waals surface area contributed by atoms with Crippen LogP contribution in [0.1, 0.15) is 33.6 Å². The van der Waals surface area contributed by atoms with Crippen molar-refractivity contribution in [2.24, 2.45) is 0 Å². The number of aromatic nitrogens is 1. The van der Waals surface area contributed by atoms with Crippen molar-refractivity contribution in [2.45, 2.75) is 31.9 Å². The number of hydrogen-bond donors (Lipinski definition) is 0. The summed E-state index contributed by atoms with van der Waals surface area (Å²) < 4.78 is 5.15. The van der Waals surface area contributed by atoms with Gasteiger partial charge in [0.2, 0.25) is 5.91 Å². The fourth-order valence-corrected chi connectivity index (χ4v) is 4.98. The summed E-state index contributed by atoms with van der Waals surface area (Å²) in [5, 5.41) is 6.58.